The van der Waals surface area contributed by atoms with Gasteiger partial charge in [0.1, 0.15) is 28.6 Å². The fourth-order valence-corrected chi connectivity index (χ4v) is 8.23. The number of hydrogen-bond donors (Lipinski definition) is 7. The molecular formula is C47H40N14O12S3. The molecule has 388 valence electrons. The molecule has 8 rings (SSSR count). The zero-order chi connectivity index (χ0) is 53.8. The van der Waals surface area contributed by atoms with Gasteiger partial charge in [-0.25, -0.2) is 10.5 Å². The maximum atomic E-state index is 11.5. The molecule has 0 unspecified atom stereocenters. The van der Waals surface area contributed by atoms with Crippen LogP contribution >= 0.6 is 24.1 Å². The minimum Gasteiger partial charge on any atom is -0.505 e. The van der Waals surface area contributed by atoms with Crippen molar-refractivity contribution >= 4 is 120 Å². The summed E-state index contributed by atoms with van der Waals surface area (Å²) in [6.45, 7) is 3.67. The number of phenolic OH excluding ortho intramolecular Hbond substituents is 1. The summed E-state index contributed by atoms with van der Waals surface area (Å²) in [5, 5.41) is 78.3. The van der Waals surface area contributed by atoms with Crippen molar-refractivity contribution in [2.45, 2.75) is 28.5 Å². The first-order valence-corrected chi connectivity index (χ1v) is 24.6. The van der Waals surface area contributed by atoms with Crippen molar-refractivity contribution in [3.05, 3.63) is 132 Å². The molecule has 7 aromatic carbocycles. The Morgan fingerprint density at radius 2 is 1.17 bits per heavy atom. The predicted octanol–water partition coefficient (Wildman–Crippen LogP) is 14.2. The van der Waals surface area contributed by atoms with E-state index < -0.39 is 10.1 Å². The molecule has 0 saturated heterocycles. The number of nitrogens with two attached hydrogens (primary N) is 1. The highest BCUT2D eigenvalue weighted by Crippen LogP contribution is 2.46. The predicted molar refractivity (Wildman–Crippen MR) is 279 cm³/mol. The van der Waals surface area contributed by atoms with Crippen LogP contribution in [0.15, 0.2) is 177 Å². The van der Waals surface area contributed by atoms with E-state index in [0.29, 0.717) is 90.3 Å². The molecule has 1 aromatic heterocycles. The van der Waals surface area contributed by atoms with Gasteiger partial charge < -0.3 is 30.9 Å². The zero-order valence-electron chi connectivity index (χ0n) is 39.8. The molecule has 0 bridgehead atoms. The summed E-state index contributed by atoms with van der Waals surface area (Å²) in [4.78, 5) is 13.1. The highest BCUT2D eigenvalue weighted by atomic mass is 32.2. The van der Waals surface area contributed by atoms with Crippen LogP contribution in [0.1, 0.15) is 11.1 Å². The maximum absolute atomic E-state index is 11.5. The van der Waals surface area contributed by atoms with Crippen molar-refractivity contribution in [1.82, 2.24) is 15.0 Å². The Kier molecular flexibility index (Phi) is 17.4. The first-order valence-electron chi connectivity index (χ1n) is 21.7. The molecule has 0 amide bonds. The van der Waals surface area contributed by atoms with E-state index in [4.69, 9.17) is 30.1 Å². The molecule has 0 fully saturated rings. The second-order valence-corrected chi connectivity index (χ2v) is 18.4. The first kappa shape index (κ1) is 53.7. The van der Waals surface area contributed by atoms with Crippen LogP contribution in [-0.4, -0.2) is 57.8 Å². The number of anilines is 5. The molecule has 0 aliphatic rings. The number of aromatic nitrogens is 3. The van der Waals surface area contributed by atoms with Crippen LogP contribution in [0, 0.1) is 13.8 Å². The lowest BCUT2D eigenvalue weighted by Crippen LogP contribution is -2.07. The smallest absolute Gasteiger partial charge is 0.294 e. The second-order valence-electron chi connectivity index (χ2n) is 15.5. The molecule has 1 heterocycles. The largest absolute Gasteiger partial charge is 0.505 e. The number of nitrogens with zero attached hydrogens (tertiary/aromatic N) is 11. The Labute approximate surface area is 439 Å². The van der Waals surface area contributed by atoms with Crippen LogP contribution in [0.25, 0.3) is 10.8 Å². The van der Waals surface area contributed by atoms with Crippen molar-refractivity contribution in [3.63, 3.8) is 0 Å². The fourth-order valence-electron chi connectivity index (χ4n) is 6.84. The van der Waals surface area contributed by atoms with Gasteiger partial charge in [0, 0.05) is 33.8 Å². The molecule has 0 spiro atoms. The number of azo groups is 4. The molecule has 0 saturated carbocycles. The SMILES string of the molecule is COc1cc(N=Nc2cccc(SOOO)c2)ccc1N=Nc1ccc(N=Nc2cc(OC)c(N=Nc3c(SOOO)cc4cc(Nc5nc(N)nc(Nc6ccc(S(=O)(=O)O)cc6)n5)ccc4c3O)cc2C)cc1C. The fraction of sp³-hybridized carbons (Fsp3) is 0.0851. The van der Waals surface area contributed by atoms with Crippen LogP contribution in [0.4, 0.5) is 74.7 Å². The van der Waals surface area contributed by atoms with Gasteiger partial charge >= 0.3 is 0 Å². The van der Waals surface area contributed by atoms with E-state index in [9.17, 15) is 18.1 Å². The number of ether oxygens (including phenoxy) is 2. The Hall–Kier alpha value is -8.62. The summed E-state index contributed by atoms with van der Waals surface area (Å²) in [6, 6.07) is 32.4. The second kappa shape index (κ2) is 24.6. The number of hydrogen-bond acceptors (Lipinski definition) is 27. The Balaban J connectivity index is 0.954. The topological polar surface area (TPSA) is 358 Å². The standard InChI is InChI=1S/C47H40N14O12S3/c1-25-18-31(11-16-36(25)57-58-37-17-12-32(23-40(37)68-3)55-54-30-6-5-7-33(22-30)74-72-70-63)56-59-38-24-41(69-4)39(19-26(38)2)60-61-43-42(75-73-71-64)21-27-20-29(10-15-35(27)44(43)62)50-47-52-45(48)51-46(53-47)49-28-8-13-34(14-9-28)76(65,66)67/h5-24,62-64H,1-4H3,(H,65,66,67)(H4,48,49,50,51,52,53). The van der Waals surface area contributed by atoms with Gasteiger partial charge in [-0.2, -0.15) is 48.9 Å². The van der Waals surface area contributed by atoms with Crippen LogP contribution in [-0.2, 0) is 28.9 Å². The van der Waals surface area contributed by atoms with Crippen molar-refractivity contribution in [2.75, 3.05) is 30.6 Å². The van der Waals surface area contributed by atoms with E-state index in [0.717, 1.165) is 17.6 Å². The maximum Gasteiger partial charge on any atom is 0.294 e. The van der Waals surface area contributed by atoms with Gasteiger partial charge in [-0.1, -0.05) is 16.1 Å². The van der Waals surface area contributed by atoms with E-state index >= 15 is 0 Å². The van der Waals surface area contributed by atoms with Gasteiger partial charge in [-0.05, 0) is 133 Å². The van der Waals surface area contributed by atoms with Gasteiger partial charge in [-0.15, -0.1) is 24.0 Å². The van der Waals surface area contributed by atoms with E-state index in [2.05, 4.69) is 80.9 Å². The molecule has 26 nitrogen and oxygen atoms in total. The van der Waals surface area contributed by atoms with E-state index in [-0.39, 0.29) is 44.8 Å². The average molecular weight is 1090 g/mol. The summed E-state index contributed by atoms with van der Waals surface area (Å²) in [5.41, 5.74) is 11.6. The Morgan fingerprint density at radius 3 is 1.87 bits per heavy atom. The minimum atomic E-state index is -4.39. The summed E-state index contributed by atoms with van der Waals surface area (Å²) in [7, 11) is -1.42. The van der Waals surface area contributed by atoms with Crippen molar-refractivity contribution in [2.24, 2.45) is 40.9 Å². The molecule has 8 aromatic rings. The molecular weight excluding hydrogens is 1050 g/mol. The summed E-state index contributed by atoms with van der Waals surface area (Å²) in [6.07, 6.45) is 0. The number of nitrogen functional groups attached to an aromatic ring is 1. The number of fused-ring (bicyclic) bond motifs is 1. The molecule has 0 aliphatic heterocycles. The third kappa shape index (κ3) is 13.8. The van der Waals surface area contributed by atoms with Crippen molar-refractivity contribution < 1.29 is 56.8 Å². The van der Waals surface area contributed by atoms with Crippen LogP contribution in [0.5, 0.6) is 17.2 Å². The Bertz CT molecular complexity index is 3670. The summed E-state index contributed by atoms with van der Waals surface area (Å²) >= 11 is 1.36. The lowest BCUT2D eigenvalue weighted by atomic mass is 10.1. The highest BCUT2D eigenvalue weighted by molar-refractivity contribution is 7.95. The zero-order valence-corrected chi connectivity index (χ0v) is 42.3. The van der Waals surface area contributed by atoms with Gasteiger partial charge in [0.2, 0.25) is 17.8 Å². The number of methoxy groups -OCH3 is 2. The summed E-state index contributed by atoms with van der Waals surface area (Å²) < 4.78 is 52.5. The number of aromatic hydroxyl groups is 1. The monoisotopic (exact) mass is 1090 g/mol. The van der Waals surface area contributed by atoms with E-state index in [1.807, 2.05) is 13.0 Å². The van der Waals surface area contributed by atoms with Crippen LogP contribution in [0.2, 0.25) is 0 Å². The van der Waals surface area contributed by atoms with Crippen LogP contribution < -0.4 is 25.8 Å². The molecule has 0 aliphatic carbocycles. The van der Waals surface area contributed by atoms with Gasteiger partial charge in [0.05, 0.1) is 76.5 Å². The number of benzene rings is 7. The molecule has 29 heteroatoms. The summed E-state index contributed by atoms with van der Waals surface area (Å²) in [5.74, 6) is 0.363. The quantitative estimate of drug-likeness (QED) is 0.0115. The van der Waals surface area contributed by atoms with Gasteiger partial charge in [0.25, 0.3) is 10.1 Å². The third-order valence-electron chi connectivity index (χ3n) is 10.4. The van der Waals surface area contributed by atoms with Gasteiger partial charge in [0.15, 0.2) is 5.75 Å². The molecule has 8 N–H and O–H groups in total. The highest BCUT2D eigenvalue weighted by Gasteiger charge is 2.18. The third-order valence-corrected chi connectivity index (χ3v) is 12.5. The minimum absolute atomic E-state index is 0.0276. The van der Waals surface area contributed by atoms with Crippen molar-refractivity contribution in [3.8, 4) is 17.2 Å². The number of nitrogens with one attached hydrogen (secondary N) is 2. The average Bonchev–Trinajstić information content (AvgIpc) is 3.41. The molecule has 0 radical (unpaired) electrons. The normalized spacial score (nSPS) is 11.9. The lowest BCUT2D eigenvalue weighted by Gasteiger charge is -2.12. The number of rotatable bonds is 21. The Morgan fingerprint density at radius 1 is 0.579 bits per heavy atom. The van der Waals surface area contributed by atoms with Crippen molar-refractivity contribution in [1.29, 1.82) is 0 Å². The number of phenols is 1. The first-order chi connectivity index (χ1) is 36.7. The van der Waals surface area contributed by atoms with E-state index in [1.165, 1.54) is 38.5 Å². The number of aryl methyl sites for hydroxylation is 2. The van der Waals surface area contributed by atoms with E-state index in [1.54, 1.807) is 97.9 Å². The molecule has 76 heavy (non-hydrogen) atoms. The lowest BCUT2D eigenvalue weighted by molar-refractivity contribution is -0.432. The molecule has 0 atom stereocenters. The van der Waals surface area contributed by atoms with Gasteiger partial charge in [-0.3, -0.25) is 4.55 Å². The van der Waals surface area contributed by atoms with Crippen LogP contribution in [0.3, 0.4) is 0 Å².